The fourth-order valence-electron chi connectivity index (χ4n) is 4.40. The summed E-state index contributed by atoms with van der Waals surface area (Å²) in [6.45, 7) is 9.43. The number of benzene rings is 1. The molecule has 0 unspecified atom stereocenters. The van der Waals surface area contributed by atoms with E-state index in [1.807, 2.05) is 35.8 Å². The van der Waals surface area contributed by atoms with Crippen molar-refractivity contribution in [3.05, 3.63) is 47.3 Å². The van der Waals surface area contributed by atoms with E-state index >= 15 is 0 Å². The Kier molecular flexibility index (Phi) is 8.33. The molecule has 1 aromatic carbocycles. The number of imidazole rings is 1. The lowest BCUT2D eigenvalue weighted by molar-refractivity contribution is 0.313. The summed E-state index contributed by atoms with van der Waals surface area (Å²) in [6.07, 6.45) is 7.14. The second-order valence-electron chi connectivity index (χ2n) is 9.06. The summed E-state index contributed by atoms with van der Waals surface area (Å²) in [5.41, 5.74) is 2.76. The van der Waals surface area contributed by atoms with Crippen LogP contribution < -0.4 is 5.32 Å². The lowest BCUT2D eigenvalue weighted by Crippen LogP contribution is -2.42. The molecule has 0 aliphatic heterocycles. The van der Waals surface area contributed by atoms with Crippen LogP contribution in [0, 0.1) is 6.92 Å². The molecule has 1 N–H and O–H groups in total. The molecule has 32 heavy (non-hydrogen) atoms. The van der Waals surface area contributed by atoms with E-state index in [0.29, 0.717) is 11.7 Å². The van der Waals surface area contributed by atoms with Gasteiger partial charge in [0.25, 0.3) is 0 Å². The average molecular weight is 477 g/mol. The molecule has 1 aliphatic rings. The highest BCUT2D eigenvalue weighted by molar-refractivity contribution is 7.90. The molecule has 8 heteroatoms. The van der Waals surface area contributed by atoms with Gasteiger partial charge in [0.1, 0.15) is 0 Å². The summed E-state index contributed by atoms with van der Waals surface area (Å²) in [4.78, 5) is 6.55. The smallest absolute Gasteiger partial charge is 0.228 e. The van der Waals surface area contributed by atoms with Crippen molar-refractivity contribution < 1.29 is 8.42 Å². The first-order chi connectivity index (χ1) is 15.2. The number of thiocarbonyl (C=S) groups is 1. The molecule has 176 valence electrons. The van der Waals surface area contributed by atoms with Gasteiger partial charge in [-0.05, 0) is 58.3 Å². The van der Waals surface area contributed by atoms with Gasteiger partial charge in [-0.1, -0.05) is 49.1 Å². The van der Waals surface area contributed by atoms with E-state index in [0.717, 1.165) is 49.0 Å². The highest BCUT2D eigenvalue weighted by Gasteiger charge is 2.29. The number of nitrogens with one attached hydrogen (secondary N) is 1. The second-order valence-corrected chi connectivity index (χ2v) is 11.3. The Labute approximate surface area is 198 Å². The lowest BCUT2D eigenvalue weighted by Gasteiger charge is -2.30. The monoisotopic (exact) mass is 476 g/mol. The Morgan fingerprint density at radius 2 is 2.00 bits per heavy atom. The van der Waals surface area contributed by atoms with E-state index in [9.17, 15) is 8.42 Å². The van der Waals surface area contributed by atoms with Crippen molar-refractivity contribution in [2.24, 2.45) is 0 Å². The molecular formula is C24H36N4O2S2. The Morgan fingerprint density at radius 1 is 1.28 bits per heavy atom. The number of hydrogen-bond acceptors (Lipinski definition) is 4. The van der Waals surface area contributed by atoms with Crippen molar-refractivity contribution in [3.8, 4) is 0 Å². The van der Waals surface area contributed by atoms with Crippen LogP contribution in [0.5, 0.6) is 0 Å². The van der Waals surface area contributed by atoms with Crippen molar-refractivity contribution in [2.45, 2.75) is 89.3 Å². The Bertz CT molecular complexity index is 1020. The predicted octanol–water partition coefficient (Wildman–Crippen LogP) is 4.78. The van der Waals surface area contributed by atoms with Crippen molar-refractivity contribution in [2.75, 3.05) is 6.54 Å². The normalized spacial score (nSPS) is 15.2. The standard InChI is InChI=1S/C24H36N4O2S2/c1-5-27(23(31)26-18(2)3)16-22-15-25-24(28(22)21-12-7-6-8-13-21)32(29,30)17-20-11-9-10-19(4)14-20/h9-11,14-15,18,21H,5-8,12-13,16-17H2,1-4H3,(H,26,31). The van der Waals surface area contributed by atoms with Gasteiger partial charge >= 0.3 is 0 Å². The van der Waals surface area contributed by atoms with E-state index in [2.05, 4.69) is 36.0 Å². The van der Waals surface area contributed by atoms with Gasteiger partial charge in [0.15, 0.2) is 5.11 Å². The Hall–Kier alpha value is -1.93. The van der Waals surface area contributed by atoms with Gasteiger partial charge in [0, 0.05) is 18.6 Å². The molecule has 1 aliphatic carbocycles. The Morgan fingerprint density at radius 3 is 2.62 bits per heavy atom. The first-order valence-corrected chi connectivity index (χ1v) is 13.7. The molecule has 3 rings (SSSR count). The maximum Gasteiger partial charge on any atom is 0.228 e. The third-order valence-corrected chi connectivity index (χ3v) is 7.88. The van der Waals surface area contributed by atoms with Crippen LogP contribution in [-0.4, -0.2) is 40.6 Å². The van der Waals surface area contributed by atoms with Gasteiger partial charge in [-0.2, -0.15) is 0 Å². The summed E-state index contributed by atoms with van der Waals surface area (Å²) < 4.78 is 29.0. The largest absolute Gasteiger partial charge is 0.360 e. The van der Waals surface area contributed by atoms with Crippen LogP contribution in [0.15, 0.2) is 35.6 Å². The van der Waals surface area contributed by atoms with Crippen molar-refractivity contribution in [1.29, 1.82) is 0 Å². The lowest BCUT2D eigenvalue weighted by atomic mass is 9.95. The van der Waals surface area contributed by atoms with E-state index in [1.54, 1.807) is 6.20 Å². The summed E-state index contributed by atoms with van der Waals surface area (Å²) in [5, 5.41) is 4.18. The fourth-order valence-corrected chi connectivity index (χ4v) is 6.36. The first kappa shape index (κ1) is 24.7. The molecule has 0 spiro atoms. The van der Waals surface area contributed by atoms with Crippen LogP contribution in [0.1, 0.15) is 75.7 Å². The van der Waals surface area contributed by atoms with Crippen molar-refractivity contribution in [1.82, 2.24) is 19.8 Å². The average Bonchev–Trinajstić information content (AvgIpc) is 3.16. The number of nitrogens with zero attached hydrogens (tertiary/aromatic N) is 3. The maximum absolute atomic E-state index is 13.5. The van der Waals surface area contributed by atoms with Crippen molar-refractivity contribution in [3.63, 3.8) is 0 Å². The zero-order valence-electron chi connectivity index (χ0n) is 19.7. The van der Waals surface area contributed by atoms with Crippen LogP contribution in [0.25, 0.3) is 0 Å². The minimum Gasteiger partial charge on any atom is -0.360 e. The Balaban J connectivity index is 1.96. The molecule has 1 heterocycles. The highest BCUT2D eigenvalue weighted by Crippen LogP contribution is 2.33. The number of rotatable bonds is 8. The van der Waals surface area contributed by atoms with Gasteiger partial charge in [0.05, 0.1) is 24.2 Å². The molecule has 1 aromatic heterocycles. The summed E-state index contributed by atoms with van der Waals surface area (Å²) >= 11 is 5.60. The topological polar surface area (TPSA) is 67.2 Å². The van der Waals surface area contributed by atoms with Gasteiger partial charge in [-0.15, -0.1) is 0 Å². The molecule has 2 aromatic rings. The first-order valence-electron chi connectivity index (χ1n) is 11.6. The van der Waals surface area contributed by atoms with E-state index < -0.39 is 9.84 Å². The number of hydrogen-bond donors (Lipinski definition) is 1. The van der Waals surface area contributed by atoms with Crippen LogP contribution in [0.3, 0.4) is 0 Å². The van der Waals surface area contributed by atoms with Gasteiger partial charge in [-0.25, -0.2) is 13.4 Å². The van der Waals surface area contributed by atoms with Crippen molar-refractivity contribution >= 4 is 27.2 Å². The number of sulfone groups is 1. The van der Waals surface area contributed by atoms with E-state index in [1.165, 1.54) is 6.42 Å². The summed E-state index contributed by atoms with van der Waals surface area (Å²) in [6, 6.07) is 8.08. The molecule has 0 amide bonds. The quantitative estimate of drug-likeness (QED) is 0.553. The SMILES string of the molecule is CCN(Cc1cnc(S(=O)(=O)Cc2cccc(C)c2)n1C1CCCCC1)C(=S)NC(C)C. The van der Waals surface area contributed by atoms with Gasteiger partial charge in [0.2, 0.25) is 15.0 Å². The molecular weight excluding hydrogens is 440 g/mol. The van der Waals surface area contributed by atoms with E-state index in [4.69, 9.17) is 12.2 Å². The fraction of sp³-hybridized carbons (Fsp3) is 0.583. The molecule has 1 fully saturated rings. The van der Waals surface area contributed by atoms with Gasteiger partial charge < -0.3 is 14.8 Å². The minimum atomic E-state index is -3.59. The minimum absolute atomic E-state index is 0.0390. The predicted molar refractivity (Wildman–Crippen MR) is 133 cm³/mol. The zero-order chi connectivity index (χ0) is 23.3. The molecule has 0 radical (unpaired) electrons. The molecule has 0 atom stereocenters. The summed E-state index contributed by atoms with van der Waals surface area (Å²) in [7, 11) is -3.59. The maximum atomic E-state index is 13.5. The number of aryl methyl sites for hydroxylation is 1. The molecule has 0 bridgehead atoms. The molecule has 0 saturated heterocycles. The zero-order valence-corrected chi connectivity index (χ0v) is 21.3. The van der Waals surface area contributed by atoms with Crippen LogP contribution in [-0.2, 0) is 22.1 Å². The third kappa shape index (κ3) is 6.10. The summed E-state index contributed by atoms with van der Waals surface area (Å²) in [5.74, 6) is -0.0390. The molecule has 1 saturated carbocycles. The van der Waals surface area contributed by atoms with Crippen LogP contribution in [0.2, 0.25) is 0 Å². The van der Waals surface area contributed by atoms with E-state index in [-0.39, 0.29) is 23.0 Å². The van der Waals surface area contributed by atoms with Crippen LogP contribution in [0.4, 0.5) is 0 Å². The number of aromatic nitrogens is 2. The highest BCUT2D eigenvalue weighted by atomic mass is 32.2. The van der Waals surface area contributed by atoms with Gasteiger partial charge in [-0.3, -0.25) is 0 Å². The molecule has 6 nitrogen and oxygen atoms in total. The third-order valence-electron chi connectivity index (χ3n) is 5.93. The van der Waals surface area contributed by atoms with Crippen LogP contribution >= 0.6 is 12.2 Å². The second kappa shape index (κ2) is 10.8.